The molecule has 0 aliphatic carbocycles. The van der Waals surface area contributed by atoms with Crippen molar-refractivity contribution in [1.29, 1.82) is 0 Å². The van der Waals surface area contributed by atoms with Crippen molar-refractivity contribution in [3.63, 3.8) is 0 Å². The molecule has 0 bridgehead atoms. The summed E-state index contributed by atoms with van der Waals surface area (Å²) in [6.07, 6.45) is 0. The first-order chi connectivity index (χ1) is 6.37. The quantitative estimate of drug-likeness (QED) is 0.586. The first kappa shape index (κ1) is 13.8. The third-order valence-electron chi connectivity index (χ3n) is 1.64. The Balaban J connectivity index is 3.96. The average Bonchev–Trinajstić information content (AvgIpc) is 1.98. The second-order valence-electron chi connectivity index (χ2n) is 3.70. The van der Waals surface area contributed by atoms with Crippen molar-refractivity contribution in [2.24, 2.45) is 0 Å². The molecule has 0 saturated carbocycles. The van der Waals surface area contributed by atoms with Gasteiger partial charge >= 0.3 is 0 Å². The van der Waals surface area contributed by atoms with Crippen molar-refractivity contribution in [2.45, 2.75) is 13.0 Å². The van der Waals surface area contributed by atoms with Crippen LogP contribution in [0.4, 0.5) is 0 Å². The van der Waals surface area contributed by atoms with E-state index in [9.17, 15) is 8.42 Å². The highest BCUT2D eigenvalue weighted by Gasteiger charge is 2.13. The van der Waals surface area contributed by atoms with Crippen molar-refractivity contribution >= 4 is 10.0 Å². The summed E-state index contributed by atoms with van der Waals surface area (Å²) >= 11 is 0. The van der Waals surface area contributed by atoms with Crippen LogP contribution in [0.5, 0.6) is 0 Å². The van der Waals surface area contributed by atoms with Crippen LogP contribution in [0.25, 0.3) is 0 Å². The number of hydrogen-bond acceptors (Lipinski definition) is 4. The maximum Gasteiger partial charge on any atom is 0.213 e. The van der Waals surface area contributed by atoms with Gasteiger partial charge in [0, 0.05) is 19.1 Å². The zero-order valence-electron chi connectivity index (χ0n) is 9.37. The molecule has 0 aliphatic heterocycles. The lowest BCUT2D eigenvalue weighted by molar-refractivity contribution is 0.370. The summed E-state index contributed by atoms with van der Waals surface area (Å²) in [6, 6.07) is -0.0492. The molecule has 1 atom stereocenters. The van der Waals surface area contributed by atoms with Crippen molar-refractivity contribution in [3.05, 3.63) is 0 Å². The summed E-state index contributed by atoms with van der Waals surface area (Å²) in [7, 11) is 2.44. The molecule has 0 spiro atoms. The standard InChI is InChI=1S/C8H21N3O2S/c1-8(7-11(3)4)10-14(12,13)6-5-9-2/h8-10H,5-7H2,1-4H3. The molecule has 0 fully saturated rings. The van der Waals surface area contributed by atoms with Crippen LogP contribution >= 0.6 is 0 Å². The molecule has 2 N–H and O–H groups in total. The average molecular weight is 223 g/mol. The van der Waals surface area contributed by atoms with E-state index in [0.29, 0.717) is 13.1 Å². The third kappa shape index (κ3) is 7.25. The Morgan fingerprint density at radius 2 is 1.93 bits per heavy atom. The van der Waals surface area contributed by atoms with Crippen LogP contribution in [0.15, 0.2) is 0 Å². The number of nitrogens with zero attached hydrogens (tertiary/aromatic N) is 1. The minimum absolute atomic E-state index is 0.0492. The second kappa shape index (κ2) is 6.34. The third-order valence-corrected chi connectivity index (χ3v) is 3.14. The van der Waals surface area contributed by atoms with E-state index in [0.717, 1.165) is 0 Å². The molecule has 0 aromatic heterocycles. The molecule has 86 valence electrons. The molecule has 1 unspecified atom stereocenters. The van der Waals surface area contributed by atoms with Crippen LogP contribution in [-0.4, -0.2) is 59.3 Å². The normalized spacial score (nSPS) is 14.6. The molecular formula is C8H21N3O2S. The minimum Gasteiger partial charge on any atom is -0.319 e. The van der Waals surface area contributed by atoms with E-state index >= 15 is 0 Å². The van der Waals surface area contributed by atoms with Gasteiger partial charge in [-0.2, -0.15) is 0 Å². The molecule has 0 heterocycles. The lowest BCUT2D eigenvalue weighted by Crippen LogP contribution is -2.41. The smallest absolute Gasteiger partial charge is 0.213 e. The molecule has 0 rings (SSSR count). The zero-order valence-corrected chi connectivity index (χ0v) is 10.2. The highest BCUT2D eigenvalue weighted by atomic mass is 32.2. The van der Waals surface area contributed by atoms with Gasteiger partial charge in [0.2, 0.25) is 10.0 Å². The summed E-state index contributed by atoms with van der Waals surface area (Å²) in [4.78, 5) is 1.95. The second-order valence-corrected chi connectivity index (χ2v) is 5.58. The summed E-state index contributed by atoms with van der Waals surface area (Å²) in [5.41, 5.74) is 0. The van der Waals surface area contributed by atoms with Crippen LogP contribution in [0.2, 0.25) is 0 Å². The van der Waals surface area contributed by atoms with Crippen LogP contribution in [-0.2, 0) is 10.0 Å². The molecule has 0 radical (unpaired) electrons. The largest absolute Gasteiger partial charge is 0.319 e. The van der Waals surface area contributed by atoms with Crippen molar-refractivity contribution in [1.82, 2.24) is 14.9 Å². The van der Waals surface area contributed by atoms with Gasteiger partial charge in [-0.25, -0.2) is 13.1 Å². The van der Waals surface area contributed by atoms with Gasteiger partial charge in [0.15, 0.2) is 0 Å². The molecule has 0 aliphatic rings. The molecule has 6 heteroatoms. The summed E-state index contributed by atoms with van der Waals surface area (Å²) in [5, 5.41) is 2.81. The van der Waals surface area contributed by atoms with Gasteiger partial charge in [0.1, 0.15) is 0 Å². The number of nitrogens with one attached hydrogen (secondary N) is 2. The van der Waals surface area contributed by atoms with Crippen LogP contribution in [0.1, 0.15) is 6.92 Å². The fourth-order valence-electron chi connectivity index (χ4n) is 1.19. The Morgan fingerprint density at radius 1 is 1.36 bits per heavy atom. The van der Waals surface area contributed by atoms with Gasteiger partial charge in [0.25, 0.3) is 0 Å². The van der Waals surface area contributed by atoms with Crippen LogP contribution in [0.3, 0.4) is 0 Å². The number of sulfonamides is 1. The number of hydrogen-bond donors (Lipinski definition) is 2. The molecule has 0 amide bonds. The monoisotopic (exact) mass is 223 g/mol. The van der Waals surface area contributed by atoms with E-state index in [1.807, 2.05) is 25.9 Å². The number of rotatable bonds is 7. The first-order valence-electron chi connectivity index (χ1n) is 4.66. The molecule has 0 saturated heterocycles. The number of likely N-dealkylation sites (N-methyl/N-ethyl adjacent to an activating group) is 1. The lowest BCUT2D eigenvalue weighted by atomic mass is 10.3. The van der Waals surface area contributed by atoms with Gasteiger partial charge in [-0.15, -0.1) is 0 Å². The lowest BCUT2D eigenvalue weighted by Gasteiger charge is -2.18. The Labute approximate surface area is 86.9 Å². The highest BCUT2D eigenvalue weighted by Crippen LogP contribution is 1.90. The molecule has 0 aromatic rings. The first-order valence-corrected chi connectivity index (χ1v) is 6.32. The predicted octanol–water partition coefficient (Wildman–Crippen LogP) is -0.925. The van der Waals surface area contributed by atoms with E-state index in [1.165, 1.54) is 0 Å². The SMILES string of the molecule is CNCCS(=O)(=O)NC(C)CN(C)C. The van der Waals surface area contributed by atoms with E-state index in [1.54, 1.807) is 7.05 Å². The van der Waals surface area contributed by atoms with Crippen molar-refractivity contribution < 1.29 is 8.42 Å². The summed E-state index contributed by atoms with van der Waals surface area (Å²) in [6.45, 7) is 3.04. The fourth-order valence-corrected chi connectivity index (χ4v) is 2.47. The van der Waals surface area contributed by atoms with E-state index in [-0.39, 0.29) is 11.8 Å². The van der Waals surface area contributed by atoms with Crippen LogP contribution in [0, 0.1) is 0 Å². The van der Waals surface area contributed by atoms with E-state index in [2.05, 4.69) is 10.0 Å². The minimum atomic E-state index is -3.13. The molecular weight excluding hydrogens is 202 g/mol. The van der Waals surface area contributed by atoms with Gasteiger partial charge in [0.05, 0.1) is 5.75 Å². The van der Waals surface area contributed by atoms with E-state index in [4.69, 9.17) is 0 Å². The van der Waals surface area contributed by atoms with Gasteiger partial charge < -0.3 is 10.2 Å². The van der Waals surface area contributed by atoms with E-state index < -0.39 is 10.0 Å². The van der Waals surface area contributed by atoms with Gasteiger partial charge in [-0.1, -0.05) is 0 Å². The summed E-state index contributed by atoms with van der Waals surface area (Å²) in [5.74, 6) is 0.126. The Morgan fingerprint density at radius 3 is 2.36 bits per heavy atom. The Hall–Kier alpha value is -0.170. The topological polar surface area (TPSA) is 61.4 Å². The zero-order chi connectivity index (χ0) is 11.2. The maximum absolute atomic E-state index is 11.4. The molecule has 0 aromatic carbocycles. The van der Waals surface area contributed by atoms with Gasteiger partial charge in [-0.3, -0.25) is 0 Å². The van der Waals surface area contributed by atoms with Gasteiger partial charge in [-0.05, 0) is 28.1 Å². The molecule has 5 nitrogen and oxygen atoms in total. The predicted molar refractivity (Wildman–Crippen MR) is 58.9 cm³/mol. The fraction of sp³-hybridized carbons (Fsp3) is 1.00. The maximum atomic E-state index is 11.4. The highest BCUT2D eigenvalue weighted by molar-refractivity contribution is 7.89. The Bertz CT molecular complexity index is 239. The molecule has 14 heavy (non-hydrogen) atoms. The van der Waals surface area contributed by atoms with Crippen molar-refractivity contribution in [3.8, 4) is 0 Å². The Kier molecular flexibility index (Phi) is 6.26. The van der Waals surface area contributed by atoms with Crippen molar-refractivity contribution in [2.75, 3.05) is 40.0 Å². The van der Waals surface area contributed by atoms with Crippen LogP contribution < -0.4 is 10.0 Å². The summed E-state index contributed by atoms with van der Waals surface area (Å²) < 4.78 is 25.4.